The molecular weight excluding hydrogens is 316 g/mol. The summed E-state index contributed by atoms with van der Waals surface area (Å²) in [4.78, 5) is 8.04. The van der Waals surface area contributed by atoms with Gasteiger partial charge in [0.25, 0.3) is 0 Å². The van der Waals surface area contributed by atoms with Crippen LogP contribution in [0.2, 0.25) is 5.15 Å². The van der Waals surface area contributed by atoms with E-state index in [0.717, 1.165) is 15.4 Å². The summed E-state index contributed by atoms with van der Waals surface area (Å²) in [6.45, 7) is 2.04. The van der Waals surface area contributed by atoms with Gasteiger partial charge in [-0.15, -0.1) is 0 Å². The molecule has 2 heterocycles. The zero-order chi connectivity index (χ0) is 12.7. The largest absolute Gasteiger partial charge is 0.224 e. The standard InChI is InChI=1S/C12H8BrClN4/c1-7-2-8-5-17-18(10(8)3-9(7)13)12-4-11(14)15-6-16-12/h2-6H,1H3. The second-order valence-electron chi connectivity index (χ2n) is 3.92. The highest BCUT2D eigenvalue weighted by atomic mass is 79.9. The van der Waals surface area contributed by atoms with Gasteiger partial charge >= 0.3 is 0 Å². The summed E-state index contributed by atoms with van der Waals surface area (Å²) in [5, 5.41) is 5.79. The van der Waals surface area contributed by atoms with Crippen LogP contribution in [0.25, 0.3) is 16.7 Å². The van der Waals surface area contributed by atoms with E-state index in [1.165, 1.54) is 11.9 Å². The number of rotatable bonds is 1. The first kappa shape index (κ1) is 11.6. The Morgan fingerprint density at radius 3 is 2.83 bits per heavy atom. The second kappa shape index (κ2) is 4.33. The van der Waals surface area contributed by atoms with Crippen LogP contribution in [-0.4, -0.2) is 19.7 Å². The van der Waals surface area contributed by atoms with Gasteiger partial charge in [0, 0.05) is 15.9 Å². The van der Waals surface area contributed by atoms with Crippen molar-refractivity contribution in [2.45, 2.75) is 6.92 Å². The molecule has 0 amide bonds. The maximum atomic E-state index is 5.87. The first-order valence-corrected chi connectivity index (χ1v) is 6.44. The second-order valence-corrected chi connectivity index (χ2v) is 5.16. The summed E-state index contributed by atoms with van der Waals surface area (Å²) < 4.78 is 2.78. The molecule has 0 radical (unpaired) electrons. The molecule has 0 fully saturated rings. The Kier molecular flexibility index (Phi) is 2.80. The molecule has 0 saturated carbocycles. The highest BCUT2D eigenvalue weighted by Gasteiger charge is 2.08. The van der Waals surface area contributed by atoms with E-state index in [2.05, 4.69) is 37.1 Å². The van der Waals surface area contributed by atoms with E-state index >= 15 is 0 Å². The Bertz CT molecular complexity index is 738. The van der Waals surface area contributed by atoms with E-state index < -0.39 is 0 Å². The molecule has 4 nitrogen and oxygen atoms in total. The fraction of sp³-hybridized carbons (Fsp3) is 0.0833. The number of fused-ring (bicyclic) bond motifs is 1. The molecule has 0 saturated heterocycles. The third-order valence-electron chi connectivity index (χ3n) is 2.68. The lowest BCUT2D eigenvalue weighted by molar-refractivity contribution is 0.865. The number of hydrogen-bond acceptors (Lipinski definition) is 3. The van der Waals surface area contributed by atoms with Crippen LogP contribution in [0.3, 0.4) is 0 Å². The smallest absolute Gasteiger partial charge is 0.158 e. The van der Waals surface area contributed by atoms with Crippen molar-refractivity contribution < 1.29 is 0 Å². The van der Waals surface area contributed by atoms with Gasteiger partial charge in [0.05, 0.1) is 11.7 Å². The van der Waals surface area contributed by atoms with Crippen molar-refractivity contribution >= 4 is 38.4 Å². The SMILES string of the molecule is Cc1cc2cnn(-c3cc(Cl)ncn3)c2cc1Br. The van der Waals surface area contributed by atoms with Crippen LogP contribution in [0, 0.1) is 6.92 Å². The fourth-order valence-corrected chi connectivity index (χ4v) is 2.26. The van der Waals surface area contributed by atoms with E-state index in [9.17, 15) is 0 Å². The molecule has 6 heteroatoms. The lowest BCUT2D eigenvalue weighted by atomic mass is 10.2. The lowest BCUT2D eigenvalue weighted by Gasteiger charge is -2.04. The van der Waals surface area contributed by atoms with Crippen molar-refractivity contribution in [3.05, 3.63) is 45.9 Å². The predicted octanol–water partition coefficient (Wildman–Crippen LogP) is 3.54. The highest BCUT2D eigenvalue weighted by Crippen LogP contribution is 2.25. The minimum atomic E-state index is 0.398. The molecule has 0 bridgehead atoms. The normalized spacial score (nSPS) is 11.1. The molecule has 90 valence electrons. The minimum absolute atomic E-state index is 0.398. The lowest BCUT2D eigenvalue weighted by Crippen LogP contribution is -1.99. The van der Waals surface area contributed by atoms with Gasteiger partial charge < -0.3 is 0 Å². The number of halogens is 2. The summed E-state index contributed by atoms with van der Waals surface area (Å²) in [6.07, 6.45) is 3.24. The molecule has 18 heavy (non-hydrogen) atoms. The molecule has 3 rings (SSSR count). The Labute approximate surface area is 117 Å². The molecule has 0 aliphatic rings. The van der Waals surface area contributed by atoms with Gasteiger partial charge in [-0.3, -0.25) is 0 Å². The van der Waals surface area contributed by atoms with Crippen LogP contribution in [0.4, 0.5) is 0 Å². The molecule has 2 aromatic heterocycles. The maximum absolute atomic E-state index is 5.87. The van der Waals surface area contributed by atoms with Crippen molar-refractivity contribution in [3.63, 3.8) is 0 Å². The molecule has 1 aromatic carbocycles. The van der Waals surface area contributed by atoms with Crippen LogP contribution in [0.15, 0.2) is 35.2 Å². The Hall–Kier alpha value is -1.46. The van der Waals surface area contributed by atoms with Gasteiger partial charge in [-0.1, -0.05) is 27.5 Å². The Morgan fingerprint density at radius 1 is 1.22 bits per heavy atom. The first-order chi connectivity index (χ1) is 8.65. The molecule has 0 N–H and O–H groups in total. The van der Waals surface area contributed by atoms with Crippen molar-refractivity contribution in [2.24, 2.45) is 0 Å². The van der Waals surface area contributed by atoms with E-state index in [4.69, 9.17) is 11.6 Å². The summed E-state index contributed by atoms with van der Waals surface area (Å²) in [5.74, 6) is 0.653. The van der Waals surface area contributed by atoms with Crippen LogP contribution in [-0.2, 0) is 0 Å². The van der Waals surface area contributed by atoms with Crippen molar-refractivity contribution in [3.8, 4) is 5.82 Å². The Morgan fingerprint density at radius 2 is 2.06 bits per heavy atom. The number of aryl methyl sites for hydroxylation is 1. The highest BCUT2D eigenvalue weighted by molar-refractivity contribution is 9.10. The van der Waals surface area contributed by atoms with Crippen molar-refractivity contribution in [2.75, 3.05) is 0 Å². The summed E-state index contributed by atoms with van der Waals surface area (Å²) in [7, 11) is 0. The third kappa shape index (κ3) is 1.89. The monoisotopic (exact) mass is 322 g/mol. The first-order valence-electron chi connectivity index (χ1n) is 5.27. The zero-order valence-corrected chi connectivity index (χ0v) is 11.8. The molecule has 0 aliphatic carbocycles. The number of aromatic nitrogens is 4. The fourth-order valence-electron chi connectivity index (χ4n) is 1.78. The van der Waals surface area contributed by atoms with E-state index in [1.54, 1.807) is 10.7 Å². The summed E-state index contributed by atoms with van der Waals surface area (Å²) in [6, 6.07) is 5.78. The average molecular weight is 324 g/mol. The van der Waals surface area contributed by atoms with Gasteiger partial charge in [0.2, 0.25) is 0 Å². The molecule has 0 aliphatic heterocycles. The topological polar surface area (TPSA) is 43.6 Å². The van der Waals surface area contributed by atoms with Crippen molar-refractivity contribution in [1.29, 1.82) is 0 Å². The number of benzene rings is 1. The van der Waals surface area contributed by atoms with Crippen LogP contribution in [0.5, 0.6) is 0 Å². The van der Waals surface area contributed by atoms with Gasteiger partial charge in [-0.25, -0.2) is 14.6 Å². The third-order valence-corrected chi connectivity index (χ3v) is 3.75. The van der Waals surface area contributed by atoms with Gasteiger partial charge in [-0.05, 0) is 24.6 Å². The summed E-state index contributed by atoms with van der Waals surface area (Å²) in [5.41, 5.74) is 2.14. The van der Waals surface area contributed by atoms with E-state index in [1.807, 2.05) is 19.2 Å². The predicted molar refractivity (Wildman–Crippen MR) is 74.1 cm³/mol. The van der Waals surface area contributed by atoms with Crippen LogP contribution < -0.4 is 0 Å². The quantitative estimate of drug-likeness (QED) is 0.643. The zero-order valence-electron chi connectivity index (χ0n) is 9.43. The molecular formula is C12H8BrClN4. The van der Waals surface area contributed by atoms with E-state index in [0.29, 0.717) is 11.0 Å². The van der Waals surface area contributed by atoms with Gasteiger partial charge in [0.1, 0.15) is 11.5 Å². The number of nitrogens with zero attached hydrogens (tertiary/aromatic N) is 4. The molecule has 3 aromatic rings. The maximum Gasteiger partial charge on any atom is 0.158 e. The molecule has 0 atom stereocenters. The van der Waals surface area contributed by atoms with Gasteiger partial charge in [0.15, 0.2) is 5.82 Å². The van der Waals surface area contributed by atoms with E-state index in [-0.39, 0.29) is 0 Å². The Balaban J connectivity index is 2.27. The van der Waals surface area contributed by atoms with Crippen LogP contribution in [0.1, 0.15) is 5.56 Å². The summed E-state index contributed by atoms with van der Waals surface area (Å²) >= 11 is 9.39. The van der Waals surface area contributed by atoms with Gasteiger partial charge in [-0.2, -0.15) is 5.10 Å². The molecule has 0 spiro atoms. The van der Waals surface area contributed by atoms with Crippen LogP contribution >= 0.6 is 27.5 Å². The minimum Gasteiger partial charge on any atom is -0.224 e. The molecule has 0 unspecified atom stereocenters. The van der Waals surface area contributed by atoms with Crippen molar-refractivity contribution in [1.82, 2.24) is 19.7 Å². The average Bonchev–Trinajstić information content (AvgIpc) is 2.73. The number of hydrogen-bond donors (Lipinski definition) is 0.